The van der Waals surface area contributed by atoms with Crippen molar-refractivity contribution in [2.45, 2.75) is 77.3 Å². The Balaban J connectivity index is 0.00000264. The second kappa shape index (κ2) is 17.0. The number of aryl methyl sites for hydroxylation is 1. The molecule has 0 atom stereocenters. The number of piperidine rings is 1. The minimum atomic E-state index is -0.868. The highest BCUT2D eigenvalue weighted by Crippen LogP contribution is 2.42. The predicted molar refractivity (Wildman–Crippen MR) is 181 cm³/mol. The summed E-state index contributed by atoms with van der Waals surface area (Å²) in [5.74, 6) is -0.550. The summed E-state index contributed by atoms with van der Waals surface area (Å²) in [5, 5.41) is 13.0. The SMILES string of the molecule is Cc1ccc(N(C(=O)c2ccco2)C2CCN(CCC3(CCNCc4ccccc4C(=O)O)CCCCC3)CC2)cc1.Cl.Cl. The molecule has 0 unspecified atom stereocenters. The standard InChI is InChI=1S/C35H45N3O4.2ClH/c1-27-11-13-29(14-12-27)38(33(39)32-10-7-25-42-32)30-15-22-37(23-16-30)24-20-35(17-5-2-6-18-35)19-21-36-26-28-8-3-4-9-31(28)34(40)41;;/h3-4,7-14,25,30,36H,2,5-6,15-24,26H2,1H3,(H,40,41);2*1H. The zero-order chi connectivity index (χ0) is 29.4. The van der Waals surface area contributed by atoms with Crippen molar-refractivity contribution < 1.29 is 19.1 Å². The zero-order valence-electron chi connectivity index (χ0n) is 25.7. The lowest BCUT2D eigenvalue weighted by Gasteiger charge is -2.42. The molecule has 0 radical (unpaired) electrons. The molecule has 2 aliphatic rings. The van der Waals surface area contributed by atoms with Crippen LogP contribution in [0.5, 0.6) is 0 Å². The summed E-state index contributed by atoms with van der Waals surface area (Å²) in [6, 6.07) is 19.2. The number of rotatable bonds is 12. The maximum atomic E-state index is 13.5. The van der Waals surface area contributed by atoms with Gasteiger partial charge in [-0.15, -0.1) is 24.8 Å². The van der Waals surface area contributed by atoms with E-state index in [-0.39, 0.29) is 36.8 Å². The van der Waals surface area contributed by atoms with Crippen LogP contribution < -0.4 is 10.2 Å². The zero-order valence-corrected chi connectivity index (χ0v) is 27.3. The summed E-state index contributed by atoms with van der Waals surface area (Å²) in [7, 11) is 0. The molecule has 2 aromatic carbocycles. The van der Waals surface area contributed by atoms with Gasteiger partial charge in [0.1, 0.15) is 0 Å². The van der Waals surface area contributed by atoms with E-state index in [1.807, 2.05) is 29.2 Å². The molecule has 9 heteroatoms. The van der Waals surface area contributed by atoms with Gasteiger partial charge in [0.05, 0.1) is 11.8 Å². The van der Waals surface area contributed by atoms with Gasteiger partial charge < -0.3 is 24.6 Å². The number of hydrogen-bond acceptors (Lipinski definition) is 5. The minimum absolute atomic E-state index is 0. The number of aromatic carboxylic acids is 1. The van der Waals surface area contributed by atoms with E-state index in [9.17, 15) is 14.7 Å². The first kappa shape index (κ1) is 35.6. The molecule has 1 aliphatic carbocycles. The topological polar surface area (TPSA) is 86.0 Å². The second-order valence-electron chi connectivity index (χ2n) is 12.3. The number of carbonyl (C=O) groups is 2. The number of anilines is 1. The Morgan fingerprint density at radius 3 is 2.32 bits per heavy atom. The van der Waals surface area contributed by atoms with Crippen molar-refractivity contribution in [1.29, 1.82) is 0 Å². The molecule has 2 N–H and O–H groups in total. The van der Waals surface area contributed by atoms with Crippen molar-refractivity contribution in [3.05, 3.63) is 89.4 Å². The smallest absolute Gasteiger partial charge is 0.336 e. The van der Waals surface area contributed by atoms with Crippen LogP contribution >= 0.6 is 24.8 Å². The number of nitrogens with one attached hydrogen (secondary N) is 1. The Morgan fingerprint density at radius 1 is 0.955 bits per heavy atom. The van der Waals surface area contributed by atoms with Crippen molar-refractivity contribution in [2.24, 2.45) is 5.41 Å². The van der Waals surface area contributed by atoms with E-state index in [1.165, 1.54) is 44.1 Å². The number of hydrogen-bond donors (Lipinski definition) is 2. The summed E-state index contributed by atoms with van der Waals surface area (Å²) >= 11 is 0. The summed E-state index contributed by atoms with van der Waals surface area (Å²) in [6.45, 7) is 6.61. The summed E-state index contributed by atoms with van der Waals surface area (Å²) < 4.78 is 5.50. The monoisotopic (exact) mass is 643 g/mol. The van der Waals surface area contributed by atoms with Crippen LogP contribution in [0.4, 0.5) is 5.69 Å². The van der Waals surface area contributed by atoms with E-state index in [0.29, 0.717) is 23.3 Å². The average molecular weight is 645 g/mol. The fourth-order valence-corrected chi connectivity index (χ4v) is 6.90. The summed E-state index contributed by atoms with van der Waals surface area (Å²) in [4.78, 5) is 29.6. The van der Waals surface area contributed by atoms with Gasteiger partial charge in [0.25, 0.3) is 5.91 Å². The number of carbonyl (C=O) groups excluding carboxylic acids is 1. The van der Waals surface area contributed by atoms with E-state index in [4.69, 9.17) is 4.42 Å². The molecule has 5 rings (SSSR count). The first-order chi connectivity index (χ1) is 20.4. The molecule has 2 fully saturated rings. The number of likely N-dealkylation sites (tertiary alicyclic amines) is 1. The maximum Gasteiger partial charge on any atom is 0.336 e. The van der Waals surface area contributed by atoms with Crippen LogP contribution in [0.3, 0.4) is 0 Å². The second-order valence-corrected chi connectivity index (χ2v) is 12.3. The van der Waals surface area contributed by atoms with Crippen LogP contribution in [0.25, 0.3) is 0 Å². The van der Waals surface area contributed by atoms with E-state index in [2.05, 4.69) is 29.3 Å². The number of nitrogens with zero attached hydrogens (tertiary/aromatic N) is 2. The molecular weight excluding hydrogens is 597 g/mol. The Morgan fingerprint density at radius 2 is 1.66 bits per heavy atom. The van der Waals surface area contributed by atoms with E-state index in [0.717, 1.165) is 56.7 Å². The molecule has 1 saturated heterocycles. The highest BCUT2D eigenvalue weighted by atomic mass is 35.5. The number of furan rings is 1. The molecule has 240 valence electrons. The Kier molecular flexibility index (Phi) is 13.8. The lowest BCUT2D eigenvalue weighted by molar-refractivity contribution is 0.0695. The van der Waals surface area contributed by atoms with Crippen LogP contribution in [0, 0.1) is 12.3 Å². The number of carboxylic acids is 1. The van der Waals surface area contributed by atoms with Gasteiger partial charge in [0.2, 0.25) is 0 Å². The fraction of sp³-hybridized carbons (Fsp3) is 0.486. The van der Waals surface area contributed by atoms with Gasteiger partial charge in [0, 0.05) is 31.4 Å². The van der Waals surface area contributed by atoms with Crippen molar-refractivity contribution in [3.8, 4) is 0 Å². The first-order valence-electron chi connectivity index (χ1n) is 15.6. The molecular formula is C35H47Cl2N3O4. The van der Waals surface area contributed by atoms with Crippen molar-refractivity contribution in [2.75, 3.05) is 31.1 Å². The van der Waals surface area contributed by atoms with Gasteiger partial charge in [-0.2, -0.15) is 0 Å². The highest BCUT2D eigenvalue weighted by Gasteiger charge is 2.34. The molecule has 3 aromatic rings. The van der Waals surface area contributed by atoms with Crippen LogP contribution in [0.15, 0.2) is 71.3 Å². The number of halogens is 2. The van der Waals surface area contributed by atoms with Gasteiger partial charge in [-0.05, 0) is 99.8 Å². The first-order valence-corrected chi connectivity index (χ1v) is 15.6. The third-order valence-corrected chi connectivity index (χ3v) is 9.45. The molecule has 44 heavy (non-hydrogen) atoms. The number of carboxylic acid groups (broad SMARTS) is 1. The quantitative estimate of drug-likeness (QED) is 0.196. The summed E-state index contributed by atoms with van der Waals surface area (Å²) in [5.41, 5.74) is 3.68. The van der Waals surface area contributed by atoms with E-state index < -0.39 is 5.97 Å². The average Bonchev–Trinajstić information content (AvgIpc) is 3.56. The summed E-state index contributed by atoms with van der Waals surface area (Å²) in [6.07, 6.45) is 12.2. The molecule has 2 heterocycles. The van der Waals surface area contributed by atoms with Gasteiger partial charge in [-0.1, -0.05) is 55.2 Å². The van der Waals surface area contributed by atoms with Crippen molar-refractivity contribution >= 4 is 42.4 Å². The molecule has 0 spiro atoms. The van der Waals surface area contributed by atoms with E-state index >= 15 is 0 Å². The van der Waals surface area contributed by atoms with Gasteiger partial charge in [0.15, 0.2) is 5.76 Å². The van der Waals surface area contributed by atoms with Crippen LogP contribution in [-0.2, 0) is 6.54 Å². The lowest BCUT2D eigenvalue weighted by atomic mass is 9.69. The predicted octanol–water partition coefficient (Wildman–Crippen LogP) is 7.76. The fourth-order valence-electron chi connectivity index (χ4n) is 6.90. The minimum Gasteiger partial charge on any atom is -0.478 e. The normalized spacial score (nSPS) is 16.8. The van der Waals surface area contributed by atoms with Crippen LogP contribution in [-0.4, -0.2) is 54.1 Å². The third kappa shape index (κ3) is 9.10. The molecule has 1 aliphatic heterocycles. The maximum absolute atomic E-state index is 13.5. The van der Waals surface area contributed by atoms with Crippen molar-refractivity contribution in [1.82, 2.24) is 10.2 Å². The van der Waals surface area contributed by atoms with Gasteiger partial charge >= 0.3 is 5.97 Å². The highest BCUT2D eigenvalue weighted by molar-refractivity contribution is 6.04. The largest absolute Gasteiger partial charge is 0.478 e. The molecule has 1 aromatic heterocycles. The number of benzene rings is 2. The number of amides is 1. The molecule has 7 nitrogen and oxygen atoms in total. The van der Waals surface area contributed by atoms with Crippen LogP contribution in [0.2, 0.25) is 0 Å². The lowest BCUT2D eigenvalue weighted by Crippen LogP contribution is -2.48. The van der Waals surface area contributed by atoms with E-state index in [1.54, 1.807) is 30.5 Å². The van der Waals surface area contributed by atoms with Crippen molar-refractivity contribution in [3.63, 3.8) is 0 Å². The molecule has 1 amide bonds. The van der Waals surface area contributed by atoms with Gasteiger partial charge in [-0.25, -0.2) is 4.79 Å². The Labute approximate surface area is 274 Å². The Bertz CT molecular complexity index is 1300. The molecule has 1 saturated carbocycles. The van der Waals surface area contributed by atoms with Gasteiger partial charge in [-0.3, -0.25) is 4.79 Å². The Hall–Kier alpha value is -2.84. The van der Waals surface area contributed by atoms with Crippen LogP contribution in [0.1, 0.15) is 89.8 Å². The third-order valence-electron chi connectivity index (χ3n) is 9.45. The molecule has 0 bridgehead atoms.